The Kier molecular flexibility index (Phi) is 8.05. The summed E-state index contributed by atoms with van der Waals surface area (Å²) in [6.07, 6.45) is 6.51. The molecule has 6 nitrogen and oxygen atoms in total. The van der Waals surface area contributed by atoms with E-state index in [0.717, 1.165) is 34.9 Å². The molecule has 0 spiro atoms. The highest BCUT2D eigenvalue weighted by atomic mass is 32.2. The first-order valence-corrected chi connectivity index (χ1v) is 12.8. The highest BCUT2D eigenvalue weighted by Crippen LogP contribution is 2.40. The van der Waals surface area contributed by atoms with E-state index in [1.807, 2.05) is 46.2 Å². The number of thioether (sulfide) groups is 1. The lowest BCUT2D eigenvalue weighted by Crippen LogP contribution is -2.45. The van der Waals surface area contributed by atoms with Crippen molar-refractivity contribution < 1.29 is 4.79 Å². The van der Waals surface area contributed by atoms with Crippen molar-refractivity contribution in [3.05, 3.63) is 41.9 Å². The van der Waals surface area contributed by atoms with Crippen molar-refractivity contribution in [1.82, 2.24) is 9.97 Å². The quantitative estimate of drug-likeness (QED) is 0.504. The van der Waals surface area contributed by atoms with Gasteiger partial charge in [0.25, 0.3) is 0 Å². The zero-order valence-corrected chi connectivity index (χ0v) is 21.6. The molecule has 0 bridgehead atoms. The number of carbonyl (C=O) groups is 1. The zero-order chi connectivity index (χ0) is 24.2. The Balaban J connectivity index is 0.00000149. The molecule has 1 aliphatic heterocycles. The summed E-state index contributed by atoms with van der Waals surface area (Å²) in [7, 11) is 1.83. The highest BCUT2D eigenvalue weighted by Gasteiger charge is 2.41. The first-order chi connectivity index (χ1) is 15.8. The smallest absolute Gasteiger partial charge is 0.234 e. The number of carbonyl (C=O) groups excluding carboxylic acids is 1. The van der Waals surface area contributed by atoms with Gasteiger partial charge in [-0.2, -0.15) is 4.98 Å². The maximum absolute atomic E-state index is 13.1. The van der Waals surface area contributed by atoms with E-state index in [1.165, 1.54) is 18.4 Å². The second-order valence-electron chi connectivity index (χ2n) is 9.11. The van der Waals surface area contributed by atoms with Crippen LogP contribution in [0.25, 0.3) is 0 Å². The third-order valence-corrected chi connectivity index (χ3v) is 7.11. The molecule has 0 radical (unpaired) electrons. The average molecular weight is 468 g/mol. The van der Waals surface area contributed by atoms with E-state index in [-0.39, 0.29) is 5.91 Å². The molecule has 1 fully saturated rings. The molecule has 7 heteroatoms. The number of nitrogens with zero attached hydrogens (tertiary/aromatic N) is 4. The molecule has 1 aromatic carbocycles. The van der Waals surface area contributed by atoms with Gasteiger partial charge in [-0.15, -0.1) is 0 Å². The monoisotopic (exact) mass is 467 g/mol. The minimum absolute atomic E-state index is 0.100. The predicted molar refractivity (Wildman–Crippen MR) is 141 cm³/mol. The molecule has 1 amide bonds. The summed E-state index contributed by atoms with van der Waals surface area (Å²) in [5.41, 5.74) is 2.42. The lowest BCUT2D eigenvalue weighted by Gasteiger charge is -2.34. The summed E-state index contributed by atoms with van der Waals surface area (Å²) < 4.78 is 0. The molecule has 4 rings (SSSR count). The van der Waals surface area contributed by atoms with E-state index in [1.54, 1.807) is 22.9 Å². The molecule has 178 valence electrons. The molecular weight excluding hydrogens is 430 g/mol. The molecule has 1 aliphatic carbocycles. The zero-order valence-electron chi connectivity index (χ0n) is 20.8. The van der Waals surface area contributed by atoms with Gasteiger partial charge in [0.1, 0.15) is 5.69 Å². The van der Waals surface area contributed by atoms with Crippen LogP contribution in [0, 0.1) is 12.3 Å². The van der Waals surface area contributed by atoms with E-state index in [0.29, 0.717) is 18.5 Å². The molecule has 2 aromatic rings. The summed E-state index contributed by atoms with van der Waals surface area (Å²) in [5.74, 6) is 1.49. The molecular formula is C26H37N5OS. The average Bonchev–Trinajstić information content (AvgIpc) is 3.33. The van der Waals surface area contributed by atoms with Crippen LogP contribution in [-0.2, 0) is 4.79 Å². The van der Waals surface area contributed by atoms with Gasteiger partial charge in [0.2, 0.25) is 11.9 Å². The van der Waals surface area contributed by atoms with Crippen LogP contribution < -0.4 is 15.1 Å². The molecule has 1 aromatic heterocycles. The molecule has 0 saturated heterocycles. The number of rotatable bonds is 5. The van der Waals surface area contributed by atoms with Gasteiger partial charge in [-0.3, -0.25) is 4.79 Å². The predicted octanol–water partition coefficient (Wildman–Crippen LogP) is 6.54. The van der Waals surface area contributed by atoms with E-state index in [9.17, 15) is 4.79 Å². The van der Waals surface area contributed by atoms with Gasteiger partial charge in [-0.05, 0) is 56.7 Å². The van der Waals surface area contributed by atoms with E-state index in [4.69, 9.17) is 4.98 Å². The number of fused-ring (bicyclic) bond motifs is 1. The molecule has 0 unspecified atom stereocenters. The molecule has 2 aliphatic rings. The van der Waals surface area contributed by atoms with Crippen molar-refractivity contribution in [1.29, 1.82) is 0 Å². The van der Waals surface area contributed by atoms with Crippen molar-refractivity contribution in [2.75, 3.05) is 28.7 Å². The maximum Gasteiger partial charge on any atom is 0.234 e. The second-order valence-corrected chi connectivity index (χ2v) is 10.1. The molecule has 1 N–H and O–H groups in total. The Morgan fingerprint density at radius 3 is 2.61 bits per heavy atom. The Labute approximate surface area is 202 Å². The number of nitrogens with one attached hydrogen (secondary N) is 1. The van der Waals surface area contributed by atoms with Crippen molar-refractivity contribution >= 4 is 40.8 Å². The highest BCUT2D eigenvalue weighted by molar-refractivity contribution is 8.02. The van der Waals surface area contributed by atoms with Crippen LogP contribution in [0.4, 0.5) is 23.1 Å². The molecule has 0 atom stereocenters. The Hall–Kier alpha value is -2.54. The molecule has 1 saturated carbocycles. The van der Waals surface area contributed by atoms with Gasteiger partial charge >= 0.3 is 0 Å². The molecule has 2 heterocycles. The van der Waals surface area contributed by atoms with Crippen LogP contribution in [0.3, 0.4) is 0 Å². The second kappa shape index (κ2) is 10.6. The Morgan fingerprint density at radius 2 is 1.94 bits per heavy atom. The van der Waals surface area contributed by atoms with E-state index in [2.05, 4.69) is 40.8 Å². The number of hydrogen-bond donors (Lipinski definition) is 1. The van der Waals surface area contributed by atoms with Crippen LogP contribution in [0.5, 0.6) is 0 Å². The minimum atomic E-state index is -0.487. The third-order valence-electron chi connectivity index (χ3n) is 6.25. The SMILES string of the molecule is C=CSc1cc(Nc2ncc3c(n2)N(C2CCCC2)CC(C)(C)C(=O)N3C)ccc1C.CC. The lowest BCUT2D eigenvalue weighted by molar-refractivity contribution is -0.125. The summed E-state index contributed by atoms with van der Waals surface area (Å²) in [6.45, 7) is 14.6. The summed E-state index contributed by atoms with van der Waals surface area (Å²) in [6, 6.07) is 6.61. The number of anilines is 4. The molecule has 33 heavy (non-hydrogen) atoms. The topological polar surface area (TPSA) is 61.4 Å². The van der Waals surface area contributed by atoms with E-state index < -0.39 is 5.41 Å². The standard InChI is InChI=1S/C24H31N5OS.C2H6/c1-6-31-20-13-17(12-11-16(20)2)26-23-25-14-19-21(27-23)29(18-9-7-8-10-18)15-24(3,4)22(30)28(19)5;1-2/h6,11-14,18H,1,7-10,15H2,2-5H3,(H,25,26,27);1-2H3. The van der Waals surface area contributed by atoms with Gasteiger partial charge in [0, 0.05) is 30.2 Å². The first-order valence-electron chi connectivity index (χ1n) is 11.9. The van der Waals surface area contributed by atoms with Gasteiger partial charge in [-0.1, -0.05) is 51.1 Å². The lowest BCUT2D eigenvalue weighted by atomic mass is 9.91. The van der Waals surface area contributed by atoms with Crippen LogP contribution in [-0.4, -0.2) is 35.5 Å². The Bertz CT molecular complexity index is 1000. The minimum Gasteiger partial charge on any atom is -0.351 e. The van der Waals surface area contributed by atoms with Gasteiger partial charge in [-0.25, -0.2) is 4.98 Å². The van der Waals surface area contributed by atoms with E-state index >= 15 is 0 Å². The number of aromatic nitrogens is 2. The van der Waals surface area contributed by atoms with Crippen LogP contribution in [0.1, 0.15) is 58.9 Å². The summed E-state index contributed by atoms with van der Waals surface area (Å²) >= 11 is 1.60. The fraction of sp³-hybridized carbons (Fsp3) is 0.500. The first kappa shape index (κ1) is 25.1. The van der Waals surface area contributed by atoms with Crippen LogP contribution in [0.2, 0.25) is 0 Å². The largest absolute Gasteiger partial charge is 0.351 e. The number of aryl methyl sites for hydroxylation is 1. The summed E-state index contributed by atoms with van der Waals surface area (Å²) in [5, 5.41) is 5.19. The van der Waals surface area contributed by atoms with Crippen LogP contribution in [0.15, 0.2) is 41.3 Å². The van der Waals surface area contributed by atoms with Crippen molar-refractivity contribution in [2.24, 2.45) is 5.41 Å². The van der Waals surface area contributed by atoms with Crippen molar-refractivity contribution in [3.8, 4) is 0 Å². The fourth-order valence-corrected chi connectivity index (χ4v) is 5.18. The number of amides is 1. The van der Waals surface area contributed by atoms with Gasteiger partial charge in [0.05, 0.1) is 11.6 Å². The Morgan fingerprint density at radius 1 is 1.24 bits per heavy atom. The summed E-state index contributed by atoms with van der Waals surface area (Å²) in [4.78, 5) is 27.8. The van der Waals surface area contributed by atoms with Gasteiger partial charge < -0.3 is 15.1 Å². The van der Waals surface area contributed by atoms with Gasteiger partial charge in [0.15, 0.2) is 5.82 Å². The number of benzene rings is 1. The number of hydrogen-bond acceptors (Lipinski definition) is 6. The normalized spacial score (nSPS) is 17.7. The fourth-order valence-electron chi connectivity index (χ4n) is 4.55. The van der Waals surface area contributed by atoms with Crippen molar-refractivity contribution in [2.45, 2.75) is 71.2 Å². The maximum atomic E-state index is 13.1. The van der Waals surface area contributed by atoms with Crippen molar-refractivity contribution in [3.63, 3.8) is 0 Å². The third kappa shape index (κ3) is 5.35. The van der Waals surface area contributed by atoms with Crippen LogP contribution >= 0.6 is 11.8 Å².